The van der Waals surface area contributed by atoms with Crippen LogP contribution < -0.4 is 5.32 Å². The largest absolute Gasteiger partial charge is 0.393 e. The van der Waals surface area contributed by atoms with Gasteiger partial charge in [-0.1, -0.05) is 6.92 Å². The predicted octanol–water partition coefficient (Wildman–Crippen LogP) is 2.00. The van der Waals surface area contributed by atoms with E-state index in [2.05, 4.69) is 23.3 Å². The number of rotatable bonds is 5. The number of nitrogens with zero attached hydrogens (tertiary/aromatic N) is 1. The van der Waals surface area contributed by atoms with Crippen LogP contribution in [0.3, 0.4) is 0 Å². The molecule has 0 bridgehead atoms. The second-order valence-electron chi connectivity index (χ2n) is 3.79. The summed E-state index contributed by atoms with van der Waals surface area (Å²) in [4.78, 5) is 4.56. The highest BCUT2D eigenvalue weighted by Crippen LogP contribution is 2.16. The predicted molar refractivity (Wildman–Crippen MR) is 63.2 cm³/mol. The van der Waals surface area contributed by atoms with Crippen LogP contribution in [-0.2, 0) is 12.8 Å². The number of aryl methyl sites for hydroxylation is 2. The first-order chi connectivity index (χ1) is 7.17. The van der Waals surface area contributed by atoms with E-state index in [1.807, 2.05) is 20.0 Å². The minimum Gasteiger partial charge on any atom is -0.393 e. The van der Waals surface area contributed by atoms with Crippen LogP contribution in [0.15, 0.2) is 12.1 Å². The van der Waals surface area contributed by atoms with Gasteiger partial charge in [0.05, 0.1) is 17.5 Å². The van der Waals surface area contributed by atoms with Gasteiger partial charge >= 0.3 is 0 Å². The molecule has 0 fully saturated rings. The monoisotopic (exact) mass is 208 g/mol. The average Bonchev–Trinajstić information content (AvgIpc) is 2.25. The highest BCUT2D eigenvalue weighted by atomic mass is 16.3. The van der Waals surface area contributed by atoms with Crippen molar-refractivity contribution < 1.29 is 5.11 Å². The summed E-state index contributed by atoms with van der Waals surface area (Å²) in [5, 5.41) is 12.4. The summed E-state index contributed by atoms with van der Waals surface area (Å²) in [5.41, 5.74) is 3.22. The Morgan fingerprint density at radius 1 is 1.47 bits per heavy atom. The molecule has 0 aliphatic heterocycles. The van der Waals surface area contributed by atoms with Crippen LogP contribution in [0.25, 0.3) is 0 Å². The van der Waals surface area contributed by atoms with Crippen molar-refractivity contribution in [2.24, 2.45) is 0 Å². The molecule has 1 atom stereocenters. The summed E-state index contributed by atoms with van der Waals surface area (Å²) < 4.78 is 0. The third kappa shape index (κ3) is 3.51. The quantitative estimate of drug-likeness (QED) is 0.778. The molecule has 1 aromatic rings. The van der Waals surface area contributed by atoms with Gasteiger partial charge in [0.1, 0.15) is 0 Å². The highest BCUT2D eigenvalue weighted by Gasteiger charge is 2.05. The molecule has 0 aromatic carbocycles. The van der Waals surface area contributed by atoms with Crippen molar-refractivity contribution in [2.75, 3.05) is 12.4 Å². The number of hydrogen-bond donors (Lipinski definition) is 2. The van der Waals surface area contributed by atoms with Crippen molar-refractivity contribution in [1.29, 1.82) is 0 Å². The van der Waals surface area contributed by atoms with Crippen LogP contribution in [0.4, 0.5) is 5.69 Å². The number of nitrogens with one attached hydrogen (secondary N) is 1. The molecule has 2 N–H and O–H groups in total. The maximum atomic E-state index is 9.26. The summed E-state index contributed by atoms with van der Waals surface area (Å²) >= 11 is 0. The van der Waals surface area contributed by atoms with Gasteiger partial charge < -0.3 is 10.4 Å². The Bertz CT molecular complexity index is 310. The molecule has 1 rings (SSSR count). The minimum atomic E-state index is -0.262. The van der Waals surface area contributed by atoms with Crippen molar-refractivity contribution in [3.05, 3.63) is 23.5 Å². The molecule has 0 aliphatic carbocycles. The van der Waals surface area contributed by atoms with E-state index >= 15 is 0 Å². The maximum Gasteiger partial charge on any atom is 0.0638 e. The molecule has 3 heteroatoms. The van der Waals surface area contributed by atoms with Gasteiger partial charge in [0.15, 0.2) is 0 Å². The van der Waals surface area contributed by atoms with Gasteiger partial charge in [0.25, 0.3) is 0 Å². The third-order valence-electron chi connectivity index (χ3n) is 2.46. The van der Waals surface area contributed by atoms with E-state index < -0.39 is 0 Å². The standard InChI is InChI=1S/C12H20N2O/c1-4-10-6-8-11(13-3)12(14-10)7-5-9(2)15/h6,8-9,13,15H,4-5,7H2,1-3H3. The lowest BCUT2D eigenvalue weighted by Crippen LogP contribution is -2.06. The van der Waals surface area contributed by atoms with Crippen molar-refractivity contribution in [3.8, 4) is 0 Å². The van der Waals surface area contributed by atoms with Crippen molar-refractivity contribution in [1.82, 2.24) is 4.98 Å². The Morgan fingerprint density at radius 3 is 2.73 bits per heavy atom. The minimum absolute atomic E-state index is 0.262. The summed E-state index contributed by atoms with van der Waals surface area (Å²) in [7, 11) is 1.90. The van der Waals surface area contributed by atoms with Crippen molar-refractivity contribution >= 4 is 5.69 Å². The lowest BCUT2D eigenvalue weighted by molar-refractivity contribution is 0.184. The number of aliphatic hydroxyl groups excluding tert-OH is 1. The van der Waals surface area contributed by atoms with E-state index in [1.165, 1.54) is 0 Å². The molecular weight excluding hydrogens is 188 g/mol. The van der Waals surface area contributed by atoms with E-state index in [0.717, 1.165) is 36.3 Å². The lowest BCUT2D eigenvalue weighted by atomic mass is 10.1. The fourth-order valence-electron chi connectivity index (χ4n) is 1.51. The normalized spacial score (nSPS) is 12.5. The first-order valence-electron chi connectivity index (χ1n) is 5.52. The molecule has 0 amide bonds. The number of aromatic nitrogens is 1. The zero-order chi connectivity index (χ0) is 11.3. The highest BCUT2D eigenvalue weighted by molar-refractivity contribution is 5.47. The van der Waals surface area contributed by atoms with Crippen LogP contribution in [0.5, 0.6) is 0 Å². The topological polar surface area (TPSA) is 45.1 Å². The number of pyridine rings is 1. The molecule has 0 saturated carbocycles. The Labute approximate surface area is 91.5 Å². The molecular formula is C12H20N2O. The van der Waals surface area contributed by atoms with Crippen LogP contribution in [0.1, 0.15) is 31.7 Å². The summed E-state index contributed by atoms with van der Waals surface area (Å²) in [5.74, 6) is 0. The zero-order valence-corrected chi connectivity index (χ0v) is 9.75. The van der Waals surface area contributed by atoms with Gasteiger partial charge in [0, 0.05) is 12.7 Å². The first kappa shape index (κ1) is 12.0. The van der Waals surface area contributed by atoms with E-state index in [-0.39, 0.29) is 6.10 Å². The van der Waals surface area contributed by atoms with Crippen LogP contribution in [-0.4, -0.2) is 23.2 Å². The molecule has 0 aliphatic rings. The first-order valence-corrected chi connectivity index (χ1v) is 5.52. The SMILES string of the molecule is CCc1ccc(NC)c(CCC(C)O)n1. The number of hydrogen-bond acceptors (Lipinski definition) is 3. The van der Waals surface area contributed by atoms with Gasteiger partial charge in [-0.3, -0.25) is 4.98 Å². The Morgan fingerprint density at radius 2 is 2.20 bits per heavy atom. The zero-order valence-electron chi connectivity index (χ0n) is 9.75. The fourth-order valence-corrected chi connectivity index (χ4v) is 1.51. The second-order valence-corrected chi connectivity index (χ2v) is 3.79. The molecule has 1 unspecified atom stereocenters. The van der Waals surface area contributed by atoms with Crippen molar-refractivity contribution in [2.45, 2.75) is 39.2 Å². The van der Waals surface area contributed by atoms with E-state index in [9.17, 15) is 5.11 Å². The molecule has 1 heterocycles. The van der Waals surface area contributed by atoms with Gasteiger partial charge in [-0.2, -0.15) is 0 Å². The molecule has 0 saturated heterocycles. The molecule has 84 valence electrons. The Hall–Kier alpha value is -1.09. The maximum absolute atomic E-state index is 9.26. The van der Waals surface area contributed by atoms with Gasteiger partial charge in [-0.15, -0.1) is 0 Å². The van der Waals surface area contributed by atoms with Crippen LogP contribution >= 0.6 is 0 Å². The van der Waals surface area contributed by atoms with Crippen molar-refractivity contribution in [3.63, 3.8) is 0 Å². The number of aliphatic hydroxyl groups is 1. The van der Waals surface area contributed by atoms with E-state index in [1.54, 1.807) is 0 Å². The van der Waals surface area contributed by atoms with E-state index in [4.69, 9.17) is 0 Å². The lowest BCUT2D eigenvalue weighted by Gasteiger charge is -2.10. The van der Waals surface area contributed by atoms with E-state index in [0.29, 0.717) is 0 Å². The molecule has 3 nitrogen and oxygen atoms in total. The third-order valence-corrected chi connectivity index (χ3v) is 2.46. The van der Waals surface area contributed by atoms with Gasteiger partial charge in [-0.05, 0) is 38.3 Å². The summed E-state index contributed by atoms with van der Waals surface area (Å²) in [6, 6.07) is 4.10. The Kier molecular flexibility index (Phi) is 4.56. The molecule has 0 spiro atoms. The van der Waals surface area contributed by atoms with Crippen LogP contribution in [0, 0.1) is 0 Å². The average molecular weight is 208 g/mol. The fraction of sp³-hybridized carbons (Fsp3) is 0.583. The van der Waals surface area contributed by atoms with Crippen LogP contribution in [0.2, 0.25) is 0 Å². The van der Waals surface area contributed by atoms with Gasteiger partial charge in [0.2, 0.25) is 0 Å². The molecule has 1 aromatic heterocycles. The second kappa shape index (κ2) is 5.71. The van der Waals surface area contributed by atoms with Gasteiger partial charge in [-0.25, -0.2) is 0 Å². The molecule has 15 heavy (non-hydrogen) atoms. The smallest absolute Gasteiger partial charge is 0.0638 e. The summed E-state index contributed by atoms with van der Waals surface area (Å²) in [6.45, 7) is 3.91. The Balaban J connectivity index is 2.81. The summed E-state index contributed by atoms with van der Waals surface area (Å²) in [6.07, 6.45) is 2.27. The molecule has 0 radical (unpaired) electrons. The number of anilines is 1.